The number of rotatable bonds is 6. The highest BCUT2D eigenvalue weighted by Crippen LogP contribution is 2.26. The van der Waals surface area contributed by atoms with Crippen LogP contribution >= 0.6 is 11.3 Å². The van der Waals surface area contributed by atoms with Crippen LogP contribution in [-0.4, -0.2) is 17.5 Å². The van der Waals surface area contributed by atoms with E-state index in [1.807, 2.05) is 30.3 Å². The Kier molecular flexibility index (Phi) is 4.83. The molecule has 0 aliphatic heterocycles. The van der Waals surface area contributed by atoms with Crippen molar-refractivity contribution in [1.82, 2.24) is 4.98 Å². The van der Waals surface area contributed by atoms with E-state index in [-0.39, 0.29) is 11.7 Å². The fourth-order valence-electron chi connectivity index (χ4n) is 2.07. The van der Waals surface area contributed by atoms with Crippen molar-refractivity contribution in [1.29, 1.82) is 0 Å². The van der Waals surface area contributed by atoms with E-state index in [2.05, 4.69) is 10.3 Å². The van der Waals surface area contributed by atoms with Crippen molar-refractivity contribution in [3.8, 4) is 5.75 Å². The maximum atomic E-state index is 13.1. The molecule has 23 heavy (non-hydrogen) atoms. The summed E-state index contributed by atoms with van der Waals surface area (Å²) in [7, 11) is 0. The van der Waals surface area contributed by atoms with Gasteiger partial charge in [-0.2, -0.15) is 0 Å². The molecular formula is C17H15FN2O2S. The lowest BCUT2D eigenvalue weighted by atomic mass is 10.3. The Hall–Kier alpha value is -2.47. The molecule has 1 aromatic heterocycles. The Balaban J connectivity index is 1.46. The third kappa shape index (κ3) is 4.26. The number of aromatic nitrogens is 1. The fraction of sp³-hybridized carbons (Fsp3) is 0.176. The predicted octanol–water partition coefficient (Wildman–Crippen LogP) is 4.23. The largest absolute Gasteiger partial charge is 0.494 e. The minimum atomic E-state index is -0.308. The van der Waals surface area contributed by atoms with Crippen molar-refractivity contribution in [2.45, 2.75) is 12.8 Å². The smallest absolute Gasteiger partial charge is 0.226 e. The summed E-state index contributed by atoms with van der Waals surface area (Å²) in [5, 5.41) is 3.23. The average Bonchev–Trinajstić information content (AvgIpc) is 2.94. The number of hydrogen-bond acceptors (Lipinski definition) is 4. The average molecular weight is 330 g/mol. The van der Waals surface area contributed by atoms with Crippen LogP contribution in [0.2, 0.25) is 0 Å². The molecule has 0 aliphatic rings. The van der Waals surface area contributed by atoms with Gasteiger partial charge in [-0.25, -0.2) is 9.37 Å². The summed E-state index contributed by atoms with van der Waals surface area (Å²) in [5.41, 5.74) is 0.680. The van der Waals surface area contributed by atoms with Crippen LogP contribution in [-0.2, 0) is 4.79 Å². The zero-order chi connectivity index (χ0) is 16.1. The molecule has 0 atom stereocenters. The summed E-state index contributed by atoms with van der Waals surface area (Å²) in [6, 6.07) is 13.8. The molecule has 1 amide bonds. The van der Waals surface area contributed by atoms with Gasteiger partial charge in [-0.1, -0.05) is 29.5 Å². The van der Waals surface area contributed by atoms with Crippen LogP contribution < -0.4 is 10.1 Å². The van der Waals surface area contributed by atoms with Gasteiger partial charge in [-0.3, -0.25) is 4.79 Å². The third-order valence-electron chi connectivity index (χ3n) is 3.16. The standard InChI is InChI=1S/C17H15FN2O2S/c18-12-8-9-14-15(11-12)23-17(19-14)20-16(21)7-4-10-22-13-5-2-1-3-6-13/h1-3,5-6,8-9,11H,4,7,10H2,(H,19,20,21). The van der Waals surface area contributed by atoms with Gasteiger partial charge in [0.05, 0.1) is 16.8 Å². The van der Waals surface area contributed by atoms with E-state index in [4.69, 9.17) is 4.74 Å². The lowest BCUT2D eigenvalue weighted by Gasteiger charge is -2.05. The number of halogens is 1. The molecule has 6 heteroatoms. The first-order chi connectivity index (χ1) is 11.2. The van der Waals surface area contributed by atoms with Crippen molar-refractivity contribution < 1.29 is 13.9 Å². The van der Waals surface area contributed by atoms with Crippen LogP contribution in [0.4, 0.5) is 9.52 Å². The van der Waals surface area contributed by atoms with E-state index in [0.717, 1.165) is 5.75 Å². The summed E-state index contributed by atoms with van der Waals surface area (Å²) in [5.74, 6) is 0.361. The summed E-state index contributed by atoms with van der Waals surface area (Å²) in [6.07, 6.45) is 0.956. The number of carbonyl (C=O) groups excluding carboxylic acids is 1. The van der Waals surface area contributed by atoms with Gasteiger partial charge in [-0.15, -0.1) is 0 Å². The fourth-order valence-corrected chi connectivity index (χ4v) is 2.98. The zero-order valence-corrected chi connectivity index (χ0v) is 13.1. The number of nitrogens with one attached hydrogen (secondary N) is 1. The maximum absolute atomic E-state index is 13.1. The molecule has 0 radical (unpaired) electrons. The van der Waals surface area contributed by atoms with Gasteiger partial charge in [0, 0.05) is 6.42 Å². The second kappa shape index (κ2) is 7.19. The van der Waals surface area contributed by atoms with E-state index in [1.54, 1.807) is 6.07 Å². The minimum Gasteiger partial charge on any atom is -0.494 e. The molecule has 0 unspecified atom stereocenters. The van der Waals surface area contributed by atoms with Gasteiger partial charge in [0.15, 0.2) is 5.13 Å². The van der Waals surface area contributed by atoms with E-state index >= 15 is 0 Å². The van der Waals surface area contributed by atoms with Crippen LogP contribution in [0.5, 0.6) is 5.75 Å². The van der Waals surface area contributed by atoms with Gasteiger partial charge < -0.3 is 10.1 Å². The maximum Gasteiger partial charge on any atom is 0.226 e. The van der Waals surface area contributed by atoms with Crippen LogP contribution in [0.25, 0.3) is 10.2 Å². The number of para-hydroxylation sites is 1. The SMILES string of the molecule is O=C(CCCOc1ccccc1)Nc1nc2ccc(F)cc2s1. The third-order valence-corrected chi connectivity index (χ3v) is 4.09. The molecule has 4 nitrogen and oxygen atoms in total. The zero-order valence-electron chi connectivity index (χ0n) is 12.3. The van der Waals surface area contributed by atoms with Crippen molar-refractivity contribution in [2.24, 2.45) is 0 Å². The van der Waals surface area contributed by atoms with Crippen LogP contribution in [0.3, 0.4) is 0 Å². The lowest BCUT2D eigenvalue weighted by Crippen LogP contribution is -2.12. The summed E-state index contributed by atoms with van der Waals surface area (Å²) < 4.78 is 19.4. The Bertz CT molecular complexity index is 805. The highest BCUT2D eigenvalue weighted by molar-refractivity contribution is 7.22. The monoisotopic (exact) mass is 330 g/mol. The quantitative estimate of drug-likeness (QED) is 0.688. The first-order valence-corrected chi connectivity index (χ1v) is 8.06. The van der Waals surface area contributed by atoms with Gasteiger partial charge in [-0.05, 0) is 36.8 Å². The molecule has 118 valence electrons. The summed E-state index contributed by atoms with van der Waals surface area (Å²) in [4.78, 5) is 16.2. The number of fused-ring (bicyclic) bond motifs is 1. The van der Waals surface area contributed by atoms with Crippen molar-refractivity contribution in [3.63, 3.8) is 0 Å². The Morgan fingerprint density at radius 3 is 2.87 bits per heavy atom. The number of hydrogen-bond donors (Lipinski definition) is 1. The molecular weight excluding hydrogens is 315 g/mol. The second-order valence-electron chi connectivity index (χ2n) is 4.94. The number of carbonyl (C=O) groups is 1. The summed E-state index contributed by atoms with van der Waals surface area (Å²) >= 11 is 1.26. The van der Waals surface area contributed by atoms with Crippen LogP contribution in [0.1, 0.15) is 12.8 Å². The molecule has 0 spiro atoms. The minimum absolute atomic E-state index is 0.124. The topological polar surface area (TPSA) is 51.2 Å². The van der Waals surface area contributed by atoms with Gasteiger partial charge in [0.1, 0.15) is 11.6 Å². The van der Waals surface area contributed by atoms with E-state index < -0.39 is 0 Å². The predicted molar refractivity (Wildman–Crippen MR) is 89.4 cm³/mol. The molecule has 3 rings (SSSR count). The second-order valence-corrected chi connectivity index (χ2v) is 5.97. The molecule has 0 saturated carbocycles. The number of anilines is 1. The number of ether oxygens (including phenoxy) is 1. The van der Waals surface area contributed by atoms with E-state index in [9.17, 15) is 9.18 Å². The number of benzene rings is 2. The number of thiazole rings is 1. The molecule has 0 bridgehead atoms. The van der Waals surface area contributed by atoms with Gasteiger partial charge in [0.25, 0.3) is 0 Å². The van der Waals surface area contributed by atoms with Crippen molar-refractivity contribution in [3.05, 3.63) is 54.3 Å². The molecule has 0 fully saturated rings. The Morgan fingerprint density at radius 2 is 2.04 bits per heavy atom. The van der Waals surface area contributed by atoms with Crippen molar-refractivity contribution in [2.75, 3.05) is 11.9 Å². The van der Waals surface area contributed by atoms with E-state index in [1.165, 1.54) is 23.5 Å². The summed E-state index contributed by atoms with van der Waals surface area (Å²) in [6.45, 7) is 0.475. The van der Waals surface area contributed by atoms with E-state index in [0.29, 0.717) is 34.8 Å². The first-order valence-electron chi connectivity index (χ1n) is 7.24. The van der Waals surface area contributed by atoms with Crippen molar-refractivity contribution >= 4 is 32.6 Å². The Labute approximate surface area is 136 Å². The lowest BCUT2D eigenvalue weighted by molar-refractivity contribution is -0.116. The number of nitrogens with zero attached hydrogens (tertiary/aromatic N) is 1. The highest BCUT2D eigenvalue weighted by atomic mass is 32.1. The molecule has 1 heterocycles. The normalized spacial score (nSPS) is 10.7. The highest BCUT2D eigenvalue weighted by Gasteiger charge is 2.08. The van der Waals surface area contributed by atoms with Gasteiger partial charge in [0.2, 0.25) is 5.91 Å². The number of amides is 1. The van der Waals surface area contributed by atoms with Gasteiger partial charge >= 0.3 is 0 Å². The molecule has 3 aromatic rings. The molecule has 0 aliphatic carbocycles. The first kappa shape index (κ1) is 15.4. The molecule has 1 N–H and O–H groups in total. The molecule has 0 saturated heterocycles. The molecule has 2 aromatic carbocycles. The van der Waals surface area contributed by atoms with Crippen LogP contribution in [0.15, 0.2) is 48.5 Å². The Morgan fingerprint density at radius 1 is 1.22 bits per heavy atom. The van der Waals surface area contributed by atoms with Crippen LogP contribution in [0, 0.1) is 5.82 Å².